The number of carbonyl (C=O) groups excluding carboxylic acids is 1. The Kier molecular flexibility index (Phi) is 7.04. The topological polar surface area (TPSA) is 81.6 Å². The lowest BCUT2D eigenvalue weighted by Gasteiger charge is -2.15. The number of benzene rings is 3. The molecule has 34 heavy (non-hydrogen) atoms. The Labute approximate surface area is 201 Å². The van der Waals surface area contributed by atoms with Crippen LogP contribution in [0.3, 0.4) is 0 Å². The summed E-state index contributed by atoms with van der Waals surface area (Å²) >= 11 is 6.01. The van der Waals surface area contributed by atoms with Crippen molar-refractivity contribution in [3.63, 3.8) is 0 Å². The molecule has 7 nitrogen and oxygen atoms in total. The first-order chi connectivity index (χ1) is 16.5. The first kappa shape index (κ1) is 23.2. The molecule has 0 radical (unpaired) electrons. The van der Waals surface area contributed by atoms with E-state index in [1.54, 1.807) is 44.6 Å². The number of hydrogen-bond donors (Lipinski definition) is 2. The molecule has 4 rings (SSSR count). The van der Waals surface area contributed by atoms with Crippen molar-refractivity contribution in [2.45, 2.75) is 13.1 Å². The van der Waals surface area contributed by atoms with Crippen LogP contribution >= 0.6 is 11.6 Å². The molecule has 0 saturated carbocycles. The van der Waals surface area contributed by atoms with Gasteiger partial charge in [-0.25, -0.2) is 0 Å². The summed E-state index contributed by atoms with van der Waals surface area (Å²) in [5, 5.41) is 7.39. The molecule has 1 heterocycles. The van der Waals surface area contributed by atoms with E-state index < -0.39 is 0 Å². The molecule has 0 fully saturated rings. The summed E-state index contributed by atoms with van der Waals surface area (Å²) in [6.45, 7) is 0.133. The van der Waals surface area contributed by atoms with E-state index in [4.69, 9.17) is 21.1 Å². The van der Waals surface area contributed by atoms with Gasteiger partial charge in [0.2, 0.25) is 5.91 Å². The quantitative estimate of drug-likeness (QED) is 0.376. The van der Waals surface area contributed by atoms with Crippen molar-refractivity contribution < 1.29 is 14.3 Å². The van der Waals surface area contributed by atoms with Crippen LogP contribution in [0.25, 0.3) is 10.9 Å². The molecule has 0 aliphatic rings. The van der Waals surface area contributed by atoms with Crippen LogP contribution in [0.1, 0.15) is 5.56 Å². The number of methoxy groups -OCH3 is 2. The number of pyridine rings is 1. The average molecular weight is 478 g/mol. The molecule has 2 N–H and O–H groups in total. The minimum Gasteiger partial charge on any atom is -0.497 e. The van der Waals surface area contributed by atoms with Crippen LogP contribution in [0.4, 0.5) is 11.4 Å². The number of ether oxygens (including phenoxy) is 2. The van der Waals surface area contributed by atoms with Gasteiger partial charge in [-0.2, -0.15) is 0 Å². The van der Waals surface area contributed by atoms with Crippen LogP contribution in [0.5, 0.6) is 11.5 Å². The Morgan fingerprint density at radius 2 is 1.65 bits per heavy atom. The molecule has 0 spiro atoms. The second-order valence-electron chi connectivity index (χ2n) is 7.63. The van der Waals surface area contributed by atoms with Gasteiger partial charge in [0.25, 0.3) is 5.56 Å². The number of halogens is 1. The Morgan fingerprint density at radius 1 is 0.912 bits per heavy atom. The van der Waals surface area contributed by atoms with E-state index in [-0.39, 0.29) is 18.0 Å². The minimum atomic E-state index is -0.339. The van der Waals surface area contributed by atoms with E-state index in [2.05, 4.69) is 10.6 Å². The predicted molar refractivity (Wildman–Crippen MR) is 135 cm³/mol. The van der Waals surface area contributed by atoms with Crippen molar-refractivity contribution in [3.05, 3.63) is 93.7 Å². The van der Waals surface area contributed by atoms with E-state index in [0.29, 0.717) is 34.1 Å². The molecule has 174 valence electrons. The molecule has 0 atom stereocenters. The molecule has 0 saturated heterocycles. The number of rotatable bonds is 8. The highest BCUT2D eigenvalue weighted by Gasteiger charge is 2.14. The van der Waals surface area contributed by atoms with E-state index in [0.717, 1.165) is 16.8 Å². The fourth-order valence-corrected chi connectivity index (χ4v) is 3.83. The summed E-state index contributed by atoms with van der Waals surface area (Å²) in [4.78, 5) is 26.2. The van der Waals surface area contributed by atoms with E-state index in [1.165, 1.54) is 4.57 Å². The average Bonchev–Trinajstić information content (AvgIpc) is 2.84. The van der Waals surface area contributed by atoms with Gasteiger partial charge >= 0.3 is 0 Å². The molecule has 0 unspecified atom stereocenters. The summed E-state index contributed by atoms with van der Waals surface area (Å²) in [7, 11) is 3.17. The maximum absolute atomic E-state index is 13.4. The molecule has 1 amide bonds. The number of hydrogen-bond acceptors (Lipinski definition) is 5. The smallest absolute Gasteiger partial charge is 0.256 e. The standard InChI is InChI=1S/C26H24ClN3O4/c1-33-22-10-7-20(8-11-22)28-15-18-12-17-6-9-23(34-2)14-24(17)30(26(18)32)16-25(31)29-21-5-3-4-19(27)13-21/h3-14,28H,15-16H2,1-2H3,(H,29,31). The third kappa shape index (κ3) is 5.32. The summed E-state index contributed by atoms with van der Waals surface area (Å²) in [6.07, 6.45) is 0. The molecule has 1 aromatic heterocycles. The monoisotopic (exact) mass is 477 g/mol. The lowest BCUT2D eigenvalue weighted by atomic mass is 10.1. The molecule has 4 aromatic rings. The number of nitrogens with zero attached hydrogens (tertiary/aromatic N) is 1. The van der Waals surface area contributed by atoms with Gasteiger partial charge in [0.05, 0.1) is 19.7 Å². The van der Waals surface area contributed by atoms with E-state index >= 15 is 0 Å². The van der Waals surface area contributed by atoms with Crippen LogP contribution in [-0.4, -0.2) is 24.7 Å². The second-order valence-corrected chi connectivity index (χ2v) is 8.06. The van der Waals surface area contributed by atoms with Crippen LogP contribution in [0, 0.1) is 0 Å². The van der Waals surface area contributed by atoms with Gasteiger partial charge < -0.3 is 20.1 Å². The molecule has 0 aliphatic heterocycles. The van der Waals surface area contributed by atoms with Gasteiger partial charge in [-0.15, -0.1) is 0 Å². The minimum absolute atomic E-state index is 0.161. The van der Waals surface area contributed by atoms with Gasteiger partial charge in [0, 0.05) is 34.6 Å². The van der Waals surface area contributed by atoms with Crippen molar-refractivity contribution in [3.8, 4) is 11.5 Å². The second kappa shape index (κ2) is 10.3. The van der Waals surface area contributed by atoms with Crippen LogP contribution in [-0.2, 0) is 17.9 Å². The number of amides is 1. The fourth-order valence-electron chi connectivity index (χ4n) is 3.64. The highest BCUT2D eigenvalue weighted by Crippen LogP contribution is 2.22. The zero-order valence-electron chi connectivity index (χ0n) is 18.8. The van der Waals surface area contributed by atoms with Crippen LogP contribution < -0.4 is 25.7 Å². The number of anilines is 2. The van der Waals surface area contributed by atoms with Crippen molar-refractivity contribution >= 4 is 39.8 Å². The Balaban J connectivity index is 1.65. The van der Waals surface area contributed by atoms with E-state index in [1.807, 2.05) is 42.5 Å². The normalized spacial score (nSPS) is 10.7. The summed E-state index contributed by atoms with van der Waals surface area (Å²) in [6, 6.07) is 21.6. The van der Waals surface area contributed by atoms with Crippen molar-refractivity contribution in [1.82, 2.24) is 4.57 Å². The predicted octanol–water partition coefficient (Wildman–Crippen LogP) is 4.92. The van der Waals surface area contributed by atoms with Gasteiger partial charge in [-0.05, 0) is 66.0 Å². The van der Waals surface area contributed by atoms with Gasteiger partial charge in [-0.3, -0.25) is 14.2 Å². The number of aromatic nitrogens is 1. The molecule has 3 aromatic carbocycles. The first-order valence-corrected chi connectivity index (χ1v) is 11.0. The zero-order chi connectivity index (χ0) is 24.1. The zero-order valence-corrected chi connectivity index (χ0v) is 19.6. The summed E-state index contributed by atoms with van der Waals surface area (Å²) < 4.78 is 12.0. The highest BCUT2D eigenvalue weighted by atomic mass is 35.5. The first-order valence-electron chi connectivity index (χ1n) is 10.6. The van der Waals surface area contributed by atoms with Gasteiger partial charge in [-0.1, -0.05) is 17.7 Å². The van der Waals surface area contributed by atoms with Crippen molar-refractivity contribution in [1.29, 1.82) is 0 Å². The van der Waals surface area contributed by atoms with Crippen LogP contribution in [0.2, 0.25) is 5.02 Å². The highest BCUT2D eigenvalue weighted by molar-refractivity contribution is 6.30. The summed E-state index contributed by atoms with van der Waals surface area (Å²) in [5.74, 6) is 1.01. The number of carbonyl (C=O) groups is 1. The molecule has 0 aliphatic carbocycles. The Bertz CT molecular complexity index is 1380. The van der Waals surface area contributed by atoms with Crippen molar-refractivity contribution in [2.75, 3.05) is 24.9 Å². The summed E-state index contributed by atoms with van der Waals surface area (Å²) in [5.41, 5.74) is 2.29. The lowest BCUT2D eigenvalue weighted by molar-refractivity contribution is -0.116. The Hall–Kier alpha value is -3.97. The molecule has 8 heteroatoms. The largest absolute Gasteiger partial charge is 0.497 e. The third-order valence-corrected chi connectivity index (χ3v) is 5.60. The molecular formula is C26H24ClN3O4. The van der Waals surface area contributed by atoms with Crippen LogP contribution in [0.15, 0.2) is 77.6 Å². The van der Waals surface area contributed by atoms with Crippen molar-refractivity contribution in [2.24, 2.45) is 0 Å². The molecule has 0 bridgehead atoms. The Morgan fingerprint density at radius 3 is 2.35 bits per heavy atom. The van der Waals surface area contributed by atoms with Gasteiger partial charge in [0.1, 0.15) is 18.0 Å². The number of nitrogens with one attached hydrogen (secondary N) is 2. The SMILES string of the molecule is COc1ccc(NCc2cc3ccc(OC)cc3n(CC(=O)Nc3cccc(Cl)c3)c2=O)cc1. The fraction of sp³-hybridized carbons (Fsp3) is 0.154. The maximum Gasteiger partial charge on any atom is 0.256 e. The van der Waals surface area contributed by atoms with Gasteiger partial charge in [0.15, 0.2) is 0 Å². The third-order valence-electron chi connectivity index (χ3n) is 5.36. The lowest BCUT2D eigenvalue weighted by Crippen LogP contribution is -2.30. The molecular weight excluding hydrogens is 454 g/mol. The number of fused-ring (bicyclic) bond motifs is 1. The van der Waals surface area contributed by atoms with E-state index in [9.17, 15) is 9.59 Å². The maximum atomic E-state index is 13.4.